The number of nitrogens with zero attached hydrogens (tertiary/aromatic N) is 1. The van der Waals surface area contributed by atoms with Crippen LogP contribution >= 0.6 is 0 Å². The molecule has 8 heteroatoms. The third kappa shape index (κ3) is 4.66. The summed E-state index contributed by atoms with van der Waals surface area (Å²) in [5.74, 6) is -2.47. The number of aromatic hydroxyl groups is 1. The Bertz CT molecular complexity index is 814. The van der Waals surface area contributed by atoms with Crippen LogP contribution in [0, 0.1) is 0 Å². The summed E-state index contributed by atoms with van der Waals surface area (Å²) in [4.78, 5) is 37.8. The molecule has 1 fully saturated rings. The number of ether oxygens (including phenoxy) is 2. The molecule has 2 aromatic rings. The molecular weight excluding hydrogens is 354 g/mol. The van der Waals surface area contributed by atoms with E-state index in [0.29, 0.717) is 19.4 Å². The molecule has 1 amide bonds. The maximum absolute atomic E-state index is 12.3. The molecule has 1 N–H and O–H groups in total. The Morgan fingerprint density at radius 3 is 2.59 bits per heavy atom. The smallest absolute Gasteiger partial charge is 0.374 e. The predicted octanol–water partition coefficient (Wildman–Crippen LogP) is 1.88. The number of amides is 1. The Morgan fingerprint density at radius 1 is 1.11 bits per heavy atom. The van der Waals surface area contributed by atoms with Crippen molar-refractivity contribution in [2.24, 2.45) is 0 Å². The van der Waals surface area contributed by atoms with Gasteiger partial charge < -0.3 is 23.9 Å². The van der Waals surface area contributed by atoms with Gasteiger partial charge in [-0.15, -0.1) is 0 Å². The highest BCUT2D eigenvalue weighted by atomic mass is 16.6. The van der Waals surface area contributed by atoms with E-state index in [0.717, 1.165) is 5.56 Å². The van der Waals surface area contributed by atoms with Gasteiger partial charge in [0.05, 0.1) is 0 Å². The standard InChI is InChI=1S/C19H19NO7/c21-16(12-26-19(24)15-8-9-17(22)27-15)20-10-4-7-14(20)18(23)25-11-13-5-2-1-3-6-13/h1-3,5-6,8-9,14,22H,4,7,10-12H2. The number of hydrogen-bond acceptors (Lipinski definition) is 7. The number of esters is 2. The van der Waals surface area contributed by atoms with Crippen molar-refractivity contribution < 1.29 is 33.4 Å². The molecule has 1 aromatic heterocycles. The van der Waals surface area contributed by atoms with E-state index in [1.807, 2.05) is 30.3 Å². The van der Waals surface area contributed by atoms with Crippen molar-refractivity contribution in [1.82, 2.24) is 4.90 Å². The molecule has 2 heterocycles. The quantitative estimate of drug-likeness (QED) is 0.771. The summed E-state index contributed by atoms with van der Waals surface area (Å²) < 4.78 is 14.9. The van der Waals surface area contributed by atoms with Crippen LogP contribution in [0.2, 0.25) is 0 Å². The van der Waals surface area contributed by atoms with Crippen molar-refractivity contribution in [1.29, 1.82) is 0 Å². The van der Waals surface area contributed by atoms with E-state index < -0.39 is 36.4 Å². The van der Waals surface area contributed by atoms with Gasteiger partial charge in [0.1, 0.15) is 12.6 Å². The van der Waals surface area contributed by atoms with Gasteiger partial charge in [0.15, 0.2) is 6.61 Å². The van der Waals surface area contributed by atoms with Crippen LogP contribution in [0.5, 0.6) is 5.95 Å². The SMILES string of the molecule is O=C(OCC(=O)N1CCCC1C(=O)OCc1ccccc1)c1ccc(O)o1. The molecule has 142 valence electrons. The van der Waals surface area contributed by atoms with E-state index in [1.165, 1.54) is 17.0 Å². The first-order chi connectivity index (χ1) is 13.0. The number of rotatable bonds is 6. The van der Waals surface area contributed by atoms with Crippen molar-refractivity contribution >= 4 is 17.8 Å². The Labute approximate surface area is 155 Å². The van der Waals surface area contributed by atoms with Crippen LogP contribution in [-0.2, 0) is 25.7 Å². The fourth-order valence-electron chi connectivity index (χ4n) is 2.85. The number of likely N-dealkylation sites (tertiary alicyclic amines) is 1. The lowest BCUT2D eigenvalue weighted by atomic mass is 10.2. The minimum atomic E-state index is -0.869. The molecule has 1 atom stereocenters. The van der Waals surface area contributed by atoms with E-state index in [4.69, 9.17) is 19.0 Å². The first-order valence-electron chi connectivity index (χ1n) is 8.50. The van der Waals surface area contributed by atoms with Crippen LogP contribution in [0.4, 0.5) is 0 Å². The molecule has 1 aliphatic rings. The Kier molecular flexibility index (Phi) is 5.75. The van der Waals surface area contributed by atoms with E-state index in [1.54, 1.807) is 0 Å². The molecule has 1 aromatic carbocycles. The third-order valence-corrected chi connectivity index (χ3v) is 4.19. The molecule has 0 aliphatic carbocycles. The maximum Gasteiger partial charge on any atom is 0.374 e. The summed E-state index contributed by atoms with van der Waals surface area (Å²) in [5.41, 5.74) is 0.859. The lowest BCUT2D eigenvalue weighted by Gasteiger charge is -2.23. The largest absolute Gasteiger partial charge is 0.481 e. The van der Waals surface area contributed by atoms with Crippen molar-refractivity contribution in [3.63, 3.8) is 0 Å². The zero-order valence-electron chi connectivity index (χ0n) is 14.5. The number of benzene rings is 1. The van der Waals surface area contributed by atoms with Gasteiger partial charge in [-0.05, 0) is 24.5 Å². The molecule has 0 radical (unpaired) electrons. The van der Waals surface area contributed by atoms with Crippen molar-refractivity contribution in [2.75, 3.05) is 13.2 Å². The van der Waals surface area contributed by atoms with Crippen LogP contribution in [0.15, 0.2) is 46.9 Å². The molecule has 27 heavy (non-hydrogen) atoms. The first-order valence-corrected chi connectivity index (χ1v) is 8.50. The average Bonchev–Trinajstić information content (AvgIpc) is 3.34. The van der Waals surface area contributed by atoms with E-state index in [2.05, 4.69) is 0 Å². The van der Waals surface area contributed by atoms with Crippen LogP contribution in [0.1, 0.15) is 29.0 Å². The normalized spacial score (nSPS) is 16.1. The van der Waals surface area contributed by atoms with E-state index in [-0.39, 0.29) is 12.4 Å². The Hall–Kier alpha value is -3.29. The Morgan fingerprint density at radius 2 is 1.89 bits per heavy atom. The van der Waals surface area contributed by atoms with Gasteiger partial charge in [-0.3, -0.25) is 4.79 Å². The maximum atomic E-state index is 12.3. The highest BCUT2D eigenvalue weighted by Gasteiger charge is 2.35. The molecule has 8 nitrogen and oxygen atoms in total. The third-order valence-electron chi connectivity index (χ3n) is 4.19. The Balaban J connectivity index is 1.51. The minimum Gasteiger partial charge on any atom is -0.481 e. The molecule has 1 unspecified atom stereocenters. The van der Waals surface area contributed by atoms with E-state index >= 15 is 0 Å². The topological polar surface area (TPSA) is 106 Å². The van der Waals surface area contributed by atoms with Gasteiger partial charge in [0.25, 0.3) is 11.9 Å². The summed E-state index contributed by atoms with van der Waals surface area (Å²) in [5, 5.41) is 9.08. The second-order valence-corrected chi connectivity index (χ2v) is 6.05. The fraction of sp³-hybridized carbons (Fsp3) is 0.316. The zero-order valence-corrected chi connectivity index (χ0v) is 14.5. The molecule has 0 bridgehead atoms. The van der Waals surface area contributed by atoms with Gasteiger partial charge in [-0.25, -0.2) is 9.59 Å². The van der Waals surface area contributed by atoms with Crippen molar-refractivity contribution in [3.8, 4) is 5.95 Å². The number of carbonyl (C=O) groups excluding carboxylic acids is 3. The average molecular weight is 373 g/mol. The summed E-state index contributed by atoms with van der Waals surface area (Å²) in [6, 6.07) is 11.0. The van der Waals surface area contributed by atoms with Crippen LogP contribution < -0.4 is 0 Å². The zero-order chi connectivity index (χ0) is 19.2. The number of carbonyl (C=O) groups is 3. The van der Waals surface area contributed by atoms with Gasteiger partial charge in [0, 0.05) is 12.6 Å². The second-order valence-electron chi connectivity index (χ2n) is 6.05. The number of furan rings is 1. The lowest BCUT2D eigenvalue weighted by molar-refractivity contribution is -0.155. The van der Waals surface area contributed by atoms with Crippen molar-refractivity contribution in [2.45, 2.75) is 25.5 Å². The summed E-state index contributed by atoms with van der Waals surface area (Å²) in [7, 11) is 0. The van der Waals surface area contributed by atoms with Crippen LogP contribution in [0.3, 0.4) is 0 Å². The molecule has 0 spiro atoms. The van der Waals surface area contributed by atoms with Crippen LogP contribution in [-0.4, -0.2) is 47.0 Å². The second kappa shape index (κ2) is 8.39. The minimum absolute atomic E-state index is 0.134. The monoisotopic (exact) mass is 373 g/mol. The van der Waals surface area contributed by atoms with Gasteiger partial charge >= 0.3 is 11.9 Å². The fourth-order valence-corrected chi connectivity index (χ4v) is 2.85. The highest BCUT2D eigenvalue weighted by molar-refractivity contribution is 5.90. The van der Waals surface area contributed by atoms with Gasteiger partial charge in [0.2, 0.25) is 5.76 Å². The van der Waals surface area contributed by atoms with Gasteiger partial charge in [-0.1, -0.05) is 30.3 Å². The summed E-state index contributed by atoms with van der Waals surface area (Å²) >= 11 is 0. The first kappa shape index (κ1) is 18.5. The van der Waals surface area contributed by atoms with Gasteiger partial charge in [-0.2, -0.15) is 0 Å². The van der Waals surface area contributed by atoms with E-state index in [9.17, 15) is 14.4 Å². The molecule has 3 rings (SSSR count). The molecule has 1 aliphatic heterocycles. The molecule has 1 saturated heterocycles. The summed E-state index contributed by atoms with van der Waals surface area (Å²) in [6.45, 7) is 0.000957. The summed E-state index contributed by atoms with van der Waals surface area (Å²) in [6.07, 6.45) is 1.16. The number of hydrogen-bond donors (Lipinski definition) is 1. The predicted molar refractivity (Wildman–Crippen MR) is 91.6 cm³/mol. The molecular formula is C19H19NO7. The molecule has 0 saturated carbocycles. The lowest BCUT2D eigenvalue weighted by Crippen LogP contribution is -2.43. The van der Waals surface area contributed by atoms with Crippen molar-refractivity contribution in [3.05, 3.63) is 53.8 Å². The highest BCUT2D eigenvalue weighted by Crippen LogP contribution is 2.20. The van der Waals surface area contributed by atoms with Crippen LogP contribution in [0.25, 0.3) is 0 Å².